The number of hydrogen-bond acceptors (Lipinski definition) is 1. The number of benzene rings is 3. The summed E-state index contributed by atoms with van der Waals surface area (Å²) in [4.78, 5) is 12.1. The lowest BCUT2D eigenvalue weighted by Crippen LogP contribution is -2.11. The molecule has 0 radical (unpaired) electrons. The molecule has 0 aliphatic heterocycles. The van der Waals surface area contributed by atoms with Gasteiger partial charge in [-0.25, -0.2) is 0 Å². The Balaban J connectivity index is 1.95. The highest BCUT2D eigenvalue weighted by atomic mass is 16.1. The fourth-order valence-corrected chi connectivity index (χ4v) is 4.23. The zero-order valence-electron chi connectivity index (χ0n) is 17.2. The molecule has 3 heteroatoms. The first-order valence-corrected chi connectivity index (χ1v) is 10.5. The standard InChI is InChI=1S/C26H28N2O/c1-3-5-8-19-13-14-21-24(16-19)28(17-20-10-6-9-18(4-2)15-20)23-12-7-11-22(25(21)23)26(27)29/h6-7,9-16H,3-5,8,17H2,1-2H3,(H2,27,29). The molecule has 29 heavy (non-hydrogen) atoms. The average Bonchev–Trinajstić information content (AvgIpc) is 3.05. The lowest BCUT2D eigenvalue weighted by atomic mass is 10.0. The Morgan fingerprint density at radius 2 is 1.69 bits per heavy atom. The Morgan fingerprint density at radius 1 is 0.897 bits per heavy atom. The molecule has 1 amide bonds. The van der Waals surface area contributed by atoms with E-state index in [1.807, 2.05) is 12.1 Å². The molecule has 3 nitrogen and oxygen atoms in total. The lowest BCUT2D eigenvalue weighted by molar-refractivity contribution is 0.100. The monoisotopic (exact) mass is 384 g/mol. The van der Waals surface area contributed by atoms with Gasteiger partial charge in [-0.3, -0.25) is 4.79 Å². The van der Waals surface area contributed by atoms with E-state index in [-0.39, 0.29) is 5.91 Å². The van der Waals surface area contributed by atoms with Crippen LogP contribution < -0.4 is 5.73 Å². The fraction of sp³-hybridized carbons (Fsp3) is 0.269. The van der Waals surface area contributed by atoms with Gasteiger partial charge in [0, 0.05) is 28.4 Å². The molecule has 1 heterocycles. The van der Waals surface area contributed by atoms with E-state index >= 15 is 0 Å². The zero-order valence-corrected chi connectivity index (χ0v) is 17.2. The highest BCUT2D eigenvalue weighted by Crippen LogP contribution is 2.33. The average molecular weight is 385 g/mol. The van der Waals surface area contributed by atoms with E-state index in [0.29, 0.717) is 5.56 Å². The number of nitrogens with two attached hydrogens (primary N) is 1. The normalized spacial score (nSPS) is 11.4. The summed E-state index contributed by atoms with van der Waals surface area (Å²) in [6.07, 6.45) is 4.45. The van der Waals surface area contributed by atoms with Gasteiger partial charge in [0.05, 0.1) is 5.52 Å². The van der Waals surface area contributed by atoms with E-state index in [4.69, 9.17) is 5.73 Å². The molecule has 0 bridgehead atoms. The summed E-state index contributed by atoms with van der Waals surface area (Å²) in [6, 6.07) is 21.2. The van der Waals surface area contributed by atoms with Gasteiger partial charge in [0.2, 0.25) is 5.91 Å². The molecule has 0 saturated carbocycles. The molecule has 1 aromatic heterocycles. The molecule has 0 fully saturated rings. The van der Waals surface area contributed by atoms with Crippen LogP contribution in [0.1, 0.15) is 53.7 Å². The molecule has 3 aromatic carbocycles. The van der Waals surface area contributed by atoms with Crippen LogP contribution in [0.25, 0.3) is 21.8 Å². The van der Waals surface area contributed by atoms with Gasteiger partial charge in [-0.05, 0) is 54.2 Å². The van der Waals surface area contributed by atoms with E-state index in [0.717, 1.165) is 35.7 Å². The smallest absolute Gasteiger partial charge is 0.249 e. The van der Waals surface area contributed by atoms with E-state index in [9.17, 15) is 4.79 Å². The van der Waals surface area contributed by atoms with Gasteiger partial charge in [0.15, 0.2) is 0 Å². The lowest BCUT2D eigenvalue weighted by Gasteiger charge is -2.10. The Labute approximate surface area is 172 Å². The molecule has 4 aromatic rings. The van der Waals surface area contributed by atoms with Gasteiger partial charge in [-0.2, -0.15) is 0 Å². The second-order valence-electron chi connectivity index (χ2n) is 7.78. The van der Waals surface area contributed by atoms with Crippen LogP contribution in [0, 0.1) is 0 Å². The molecule has 148 valence electrons. The van der Waals surface area contributed by atoms with E-state index in [2.05, 4.69) is 66.9 Å². The molecule has 0 spiro atoms. The summed E-state index contributed by atoms with van der Waals surface area (Å²) >= 11 is 0. The second-order valence-corrected chi connectivity index (χ2v) is 7.78. The van der Waals surface area contributed by atoms with Crippen LogP contribution in [0.5, 0.6) is 0 Å². The third-order valence-corrected chi connectivity index (χ3v) is 5.78. The first kappa shape index (κ1) is 19.3. The predicted molar refractivity (Wildman–Crippen MR) is 121 cm³/mol. The van der Waals surface area contributed by atoms with Gasteiger partial charge in [0.25, 0.3) is 0 Å². The number of rotatable bonds is 7. The van der Waals surface area contributed by atoms with Crippen LogP contribution in [0.4, 0.5) is 0 Å². The van der Waals surface area contributed by atoms with Crippen molar-refractivity contribution in [2.24, 2.45) is 5.73 Å². The fourth-order valence-electron chi connectivity index (χ4n) is 4.23. The highest BCUT2D eigenvalue weighted by Gasteiger charge is 2.17. The Bertz CT molecular complexity index is 1190. The molecule has 0 unspecified atom stereocenters. The number of carbonyl (C=O) groups excluding carboxylic acids is 1. The van der Waals surface area contributed by atoms with Crippen LogP contribution >= 0.6 is 0 Å². The minimum Gasteiger partial charge on any atom is -0.366 e. The molecular weight excluding hydrogens is 356 g/mol. The quantitative estimate of drug-likeness (QED) is 0.427. The molecule has 4 rings (SSSR count). The van der Waals surface area contributed by atoms with Crippen LogP contribution in [-0.4, -0.2) is 10.5 Å². The van der Waals surface area contributed by atoms with E-state index < -0.39 is 0 Å². The summed E-state index contributed by atoms with van der Waals surface area (Å²) in [5, 5.41) is 2.06. The maximum atomic E-state index is 12.1. The summed E-state index contributed by atoms with van der Waals surface area (Å²) in [5.41, 5.74) is 12.5. The maximum Gasteiger partial charge on any atom is 0.249 e. The van der Waals surface area contributed by atoms with Gasteiger partial charge in [0.1, 0.15) is 0 Å². The minimum atomic E-state index is -0.377. The summed E-state index contributed by atoms with van der Waals surface area (Å²) in [6.45, 7) is 5.17. The molecule has 2 N–H and O–H groups in total. The number of unbranched alkanes of at least 4 members (excludes halogenated alkanes) is 1. The number of primary amides is 1. The van der Waals surface area contributed by atoms with Gasteiger partial charge in [-0.1, -0.05) is 62.7 Å². The van der Waals surface area contributed by atoms with E-state index in [1.54, 1.807) is 0 Å². The topological polar surface area (TPSA) is 48.0 Å². The Kier molecular flexibility index (Phi) is 5.39. The molecular formula is C26H28N2O. The number of aryl methyl sites for hydroxylation is 2. The van der Waals surface area contributed by atoms with Crippen molar-refractivity contribution in [3.63, 3.8) is 0 Å². The third-order valence-electron chi connectivity index (χ3n) is 5.78. The van der Waals surface area contributed by atoms with Crippen molar-refractivity contribution in [1.82, 2.24) is 4.57 Å². The van der Waals surface area contributed by atoms with Gasteiger partial charge >= 0.3 is 0 Å². The van der Waals surface area contributed by atoms with Gasteiger partial charge < -0.3 is 10.3 Å². The van der Waals surface area contributed by atoms with Crippen molar-refractivity contribution >= 4 is 27.7 Å². The second kappa shape index (κ2) is 8.12. The van der Waals surface area contributed by atoms with Crippen LogP contribution in [0.15, 0.2) is 60.7 Å². The van der Waals surface area contributed by atoms with Crippen molar-refractivity contribution in [3.8, 4) is 0 Å². The molecule has 0 atom stereocenters. The van der Waals surface area contributed by atoms with Crippen molar-refractivity contribution in [3.05, 3.63) is 82.9 Å². The van der Waals surface area contributed by atoms with Crippen LogP contribution in [0.2, 0.25) is 0 Å². The highest BCUT2D eigenvalue weighted by molar-refractivity contribution is 6.17. The summed E-state index contributed by atoms with van der Waals surface area (Å²) in [5.74, 6) is -0.377. The van der Waals surface area contributed by atoms with Crippen molar-refractivity contribution in [1.29, 1.82) is 0 Å². The number of fused-ring (bicyclic) bond motifs is 3. The largest absolute Gasteiger partial charge is 0.366 e. The van der Waals surface area contributed by atoms with Crippen molar-refractivity contribution < 1.29 is 4.79 Å². The summed E-state index contributed by atoms with van der Waals surface area (Å²) < 4.78 is 2.33. The third kappa shape index (κ3) is 3.65. The van der Waals surface area contributed by atoms with Crippen molar-refractivity contribution in [2.45, 2.75) is 46.1 Å². The van der Waals surface area contributed by atoms with Crippen LogP contribution in [0.3, 0.4) is 0 Å². The number of carbonyl (C=O) groups is 1. The minimum absolute atomic E-state index is 0.377. The number of nitrogens with zero attached hydrogens (tertiary/aromatic N) is 1. The first-order chi connectivity index (χ1) is 14.1. The molecule has 0 saturated heterocycles. The number of aromatic nitrogens is 1. The molecule has 0 aliphatic carbocycles. The number of amides is 1. The number of hydrogen-bond donors (Lipinski definition) is 1. The van der Waals surface area contributed by atoms with Crippen molar-refractivity contribution in [2.75, 3.05) is 0 Å². The first-order valence-electron chi connectivity index (χ1n) is 10.5. The Morgan fingerprint density at radius 3 is 2.45 bits per heavy atom. The maximum absolute atomic E-state index is 12.1. The van der Waals surface area contributed by atoms with Crippen LogP contribution in [-0.2, 0) is 19.4 Å². The SMILES string of the molecule is CCCCc1ccc2c3c(C(N)=O)cccc3n(Cc3cccc(CC)c3)c2c1. The van der Waals surface area contributed by atoms with Gasteiger partial charge in [-0.15, -0.1) is 0 Å². The summed E-state index contributed by atoms with van der Waals surface area (Å²) in [7, 11) is 0. The Hall–Kier alpha value is -3.07. The zero-order chi connectivity index (χ0) is 20.4. The van der Waals surface area contributed by atoms with E-state index in [1.165, 1.54) is 35.0 Å². The predicted octanol–water partition coefficient (Wildman–Crippen LogP) is 5.85. The molecule has 0 aliphatic rings.